The number of pyridine rings is 1. The number of nitrogens with one attached hydrogen (secondary N) is 1. The molecule has 0 atom stereocenters. The van der Waals surface area contributed by atoms with Gasteiger partial charge < -0.3 is 5.32 Å². The Hall–Kier alpha value is -3.61. The van der Waals surface area contributed by atoms with Crippen LogP contribution in [0.4, 0.5) is 10.2 Å². The quantitative estimate of drug-likeness (QED) is 0.547. The first kappa shape index (κ1) is 17.8. The van der Waals surface area contributed by atoms with Crippen LogP contribution in [-0.2, 0) is 20.9 Å². The van der Waals surface area contributed by atoms with Crippen LogP contribution in [0, 0.1) is 5.82 Å². The molecule has 1 saturated heterocycles. The largest absolute Gasteiger partial charge is 0.313 e. The lowest BCUT2D eigenvalue weighted by Crippen LogP contribution is -2.28. The molecule has 2 heterocycles. The summed E-state index contributed by atoms with van der Waals surface area (Å²) in [5, 5.41) is 3.35. The lowest BCUT2D eigenvalue weighted by molar-refractivity contribution is -0.139. The Balaban J connectivity index is 1.79. The number of halogens is 1. The molecule has 0 radical (unpaired) electrons. The van der Waals surface area contributed by atoms with Gasteiger partial charge in [0.15, 0.2) is 0 Å². The van der Waals surface area contributed by atoms with Gasteiger partial charge in [-0.2, -0.15) is 0 Å². The van der Waals surface area contributed by atoms with Crippen LogP contribution in [0.15, 0.2) is 48.5 Å². The Bertz CT molecular complexity index is 1080. The number of rotatable bonds is 5. The Labute approximate surface area is 160 Å². The molecule has 140 valence electrons. The normalized spacial score (nSPS) is 14.0. The first-order valence-electron chi connectivity index (χ1n) is 8.78. The van der Waals surface area contributed by atoms with Gasteiger partial charge in [0.1, 0.15) is 11.6 Å². The number of carbonyl (C=O) groups is 3. The highest BCUT2D eigenvalue weighted by atomic mass is 19.1. The lowest BCUT2D eigenvalue weighted by atomic mass is 9.99. The maximum absolute atomic E-state index is 13.3. The van der Waals surface area contributed by atoms with Crippen molar-refractivity contribution in [3.63, 3.8) is 0 Å². The number of imide groups is 1. The number of carbonyl (C=O) groups excluding carboxylic acids is 3. The number of aromatic nitrogens is 1. The van der Waals surface area contributed by atoms with Gasteiger partial charge in [-0.3, -0.25) is 19.3 Å². The Kier molecular flexibility index (Phi) is 4.57. The van der Waals surface area contributed by atoms with E-state index in [0.717, 1.165) is 22.1 Å². The fourth-order valence-corrected chi connectivity index (χ4v) is 3.36. The van der Waals surface area contributed by atoms with E-state index in [2.05, 4.69) is 10.3 Å². The van der Waals surface area contributed by atoms with Crippen LogP contribution in [0.1, 0.15) is 18.4 Å². The topological polar surface area (TPSA) is 79.4 Å². The SMILES string of the molecule is O=CNc1cc(-c2ccc(F)cc2)c2ccc(CN3C(=O)CCC3=O)cc2n1. The summed E-state index contributed by atoms with van der Waals surface area (Å²) in [7, 11) is 0. The van der Waals surface area contributed by atoms with E-state index in [1.54, 1.807) is 24.3 Å². The Morgan fingerprint density at radius 2 is 1.75 bits per heavy atom. The first-order chi connectivity index (χ1) is 13.5. The Morgan fingerprint density at radius 3 is 2.43 bits per heavy atom. The summed E-state index contributed by atoms with van der Waals surface area (Å²) in [4.78, 5) is 40.3. The number of fused-ring (bicyclic) bond motifs is 1. The molecule has 3 amide bonds. The van der Waals surface area contributed by atoms with E-state index in [4.69, 9.17) is 0 Å². The summed E-state index contributed by atoms with van der Waals surface area (Å²) in [6.45, 7) is 0.187. The van der Waals surface area contributed by atoms with Crippen molar-refractivity contribution in [1.82, 2.24) is 9.88 Å². The molecule has 0 bridgehead atoms. The predicted molar refractivity (Wildman–Crippen MR) is 102 cm³/mol. The first-order valence-corrected chi connectivity index (χ1v) is 8.78. The number of likely N-dealkylation sites (tertiary alicyclic amines) is 1. The highest BCUT2D eigenvalue weighted by Crippen LogP contribution is 2.31. The molecular formula is C21H16FN3O3. The van der Waals surface area contributed by atoms with Crippen LogP contribution >= 0.6 is 0 Å². The molecule has 1 aromatic heterocycles. The molecule has 0 saturated carbocycles. The van der Waals surface area contributed by atoms with Gasteiger partial charge in [-0.05, 0) is 41.0 Å². The molecule has 7 heteroatoms. The molecule has 2 aromatic carbocycles. The van der Waals surface area contributed by atoms with Gasteiger partial charge in [-0.25, -0.2) is 9.37 Å². The van der Waals surface area contributed by atoms with Gasteiger partial charge in [0.2, 0.25) is 18.2 Å². The van der Waals surface area contributed by atoms with Gasteiger partial charge >= 0.3 is 0 Å². The molecule has 0 aliphatic carbocycles. The number of anilines is 1. The molecule has 1 aliphatic heterocycles. The van der Waals surface area contributed by atoms with Crippen molar-refractivity contribution in [1.29, 1.82) is 0 Å². The van der Waals surface area contributed by atoms with E-state index in [1.165, 1.54) is 17.0 Å². The molecule has 0 spiro atoms. The summed E-state index contributed by atoms with van der Waals surface area (Å²) >= 11 is 0. The second-order valence-corrected chi connectivity index (χ2v) is 6.55. The van der Waals surface area contributed by atoms with Crippen molar-refractivity contribution in [2.75, 3.05) is 5.32 Å². The third-order valence-electron chi connectivity index (χ3n) is 4.73. The minimum atomic E-state index is -0.337. The van der Waals surface area contributed by atoms with E-state index < -0.39 is 0 Å². The third-order valence-corrected chi connectivity index (χ3v) is 4.73. The minimum Gasteiger partial charge on any atom is -0.313 e. The zero-order chi connectivity index (χ0) is 19.7. The summed E-state index contributed by atoms with van der Waals surface area (Å²) in [5.41, 5.74) is 2.93. The summed E-state index contributed by atoms with van der Waals surface area (Å²) in [6, 6.07) is 13.2. The number of nitrogens with zero attached hydrogens (tertiary/aromatic N) is 2. The van der Waals surface area contributed by atoms with Crippen molar-refractivity contribution in [3.05, 3.63) is 59.9 Å². The molecule has 1 fully saturated rings. The second-order valence-electron chi connectivity index (χ2n) is 6.55. The summed E-state index contributed by atoms with van der Waals surface area (Å²) in [5.74, 6) is -0.342. The summed E-state index contributed by atoms with van der Waals surface area (Å²) < 4.78 is 13.3. The minimum absolute atomic E-state index is 0.179. The van der Waals surface area contributed by atoms with Crippen molar-refractivity contribution >= 4 is 34.9 Å². The highest BCUT2D eigenvalue weighted by Gasteiger charge is 2.28. The molecule has 1 N–H and O–H groups in total. The van der Waals surface area contributed by atoms with Crippen molar-refractivity contribution in [2.45, 2.75) is 19.4 Å². The molecule has 0 unspecified atom stereocenters. The van der Waals surface area contributed by atoms with Crippen molar-refractivity contribution in [2.24, 2.45) is 0 Å². The van der Waals surface area contributed by atoms with Crippen LogP contribution in [0.25, 0.3) is 22.0 Å². The maximum Gasteiger partial charge on any atom is 0.229 e. The predicted octanol–water partition coefficient (Wildman–Crippen LogP) is 3.26. The number of hydrogen-bond acceptors (Lipinski definition) is 4. The molecule has 4 rings (SSSR count). The average molecular weight is 377 g/mol. The van der Waals surface area contributed by atoms with E-state index in [9.17, 15) is 18.8 Å². The average Bonchev–Trinajstić information content (AvgIpc) is 3.00. The van der Waals surface area contributed by atoms with E-state index in [1.807, 2.05) is 12.1 Å². The second kappa shape index (κ2) is 7.19. The summed E-state index contributed by atoms with van der Waals surface area (Å²) in [6.07, 6.45) is 1.02. The van der Waals surface area contributed by atoms with Crippen LogP contribution < -0.4 is 5.32 Å². The fraction of sp³-hybridized carbons (Fsp3) is 0.143. The van der Waals surface area contributed by atoms with Gasteiger partial charge in [-0.15, -0.1) is 0 Å². The molecule has 1 aliphatic rings. The van der Waals surface area contributed by atoms with E-state index in [0.29, 0.717) is 17.7 Å². The van der Waals surface area contributed by atoms with E-state index in [-0.39, 0.29) is 37.0 Å². The van der Waals surface area contributed by atoms with Crippen molar-refractivity contribution in [3.8, 4) is 11.1 Å². The monoisotopic (exact) mass is 377 g/mol. The molecular weight excluding hydrogens is 361 g/mol. The molecule has 6 nitrogen and oxygen atoms in total. The zero-order valence-electron chi connectivity index (χ0n) is 14.8. The van der Waals surface area contributed by atoms with Gasteiger partial charge in [0.25, 0.3) is 0 Å². The standard InChI is InChI=1S/C21H16FN3O3/c22-15-4-2-14(3-5-15)17-10-19(23-12-26)24-18-9-13(1-6-16(17)18)11-25-20(27)7-8-21(25)28/h1-6,9-10,12H,7-8,11H2,(H,23,24,26). The van der Waals surface area contributed by atoms with Gasteiger partial charge in [0.05, 0.1) is 12.1 Å². The lowest BCUT2D eigenvalue weighted by Gasteiger charge is -2.15. The van der Waals surface area contributed by atoms with Gasteiger partial charge in [0, 0.05) is 18.2 Å². The van der Waals surface area contributed by atoms with E-state index >= 15 is 0 Å². The van der Waals surface area contributed by atoms with Crippen LogP contribution in [0.5, 0.6) is 0 Å². The van der Waals surface area contributed by atoms with Crippen molar-refractivity contribution < 1.29 is 18.8 Å². The number of hydrogen-bond donors (Lipinski definition) is 1. The molecule has 3 aromatic rings. The molecule has 28 heavy (non-hydrogen) atoms. The van der Waals surface area contributed by atoms with Crippen LogP contribution in [0.2, 0.25) is 0 Å². The smallest absolute Gasteiger partial charge is 0.229 e. The number of amides is 3. The highest BCUT2D eigenvalue weighted by molar-refractivity contribution is 6.02. The third kappa shape index (κ3) is 3.34. The zero-order valence-corrected chi connectivity index (χ0v) is 14.8. The number of benzene rings is 2. The maximum atomic E-state index is 13.3. The van der Waals surface area contributed by atoms with Crippen LogP contribution in [0.3, 0.4) is 0 Å². The fourth-order valence-electron chi connectivity index (χ4n) is 3.36. The Morgan fingerprint density at radius 1 is 1.04 bits per heavy atom. The van der Waals surface area contributed by atoms with Crippen LogP contribution in [-0.4, -0.2) is 28.1 Å². The van der Waals surface area contributed by atoms with Gasteiger partial charge in [-0.1, -0.05) is 24.3 Å².